The zero-order valence-electron chi connectivity index (χ0n) is 12.8. The number of aromatic nitrogens is 1. The number of alkyl halides is 3. The summed E-state index contributed by atoms with van der Waals surface area (Å²) in [5.74, 6) is 0.0352. The first-order valence-electron chi connectivity index (χ1n) is 7.13. The first-order chi connectivity index (χ1) is 11.3. The van der Waals surface area contributed by atoms with Crippen LogP contribution in [0.4, 0.5) is 19.0 Å². The predicted molar refractivity (Wildman–Crippen MR) is 87.1 cm³/mol. The third-order valence-electron chi connectivity index (χ3n) is 3.27. The maximum atomic E-state index is 12.7. The third kappa shape index (κ3) is 4.85. The summed E-state index contributed by atoms with van der Waals surface area (Å²) < 4.78 is 38.0. The number of hydrogen-bond acceptors (Lipinski definition) is 3. The fourth-order valence-corrected chi connectivity index (χ4v) is 2.98. The van der Waals surface area contributed by atoms with Crippen LogP contribution >= 0.6 is 22.9 Å². The van der Waals surface area contributed by atoms with Crippen LogP contribution in [0.3, 0.4) is 0 Å². The molecule has 2 heterocycles. The number of H-pyrrole nitrogens is 1. The van der Waals surface area contributed by atoms with Crippen molar-refractivity contribution in [2.75, 3.05) is 18.0 Å². The van der Waals surface area contributed by atoms with Gasteiger partial charge in [-0.1, -0.05) is 17.7 Å². The minimum Gasteiger partial charge on any atom is -0.348 e. The maximum absolute atomic E-state index is 12.7. The number of anilines is 1. The number of aromatic amines is 1. The Kier molecular flexibility index (Phi) is 6.06. The Bertz CT molecular complexity index is 692. The summed E-state index contributed by atoms with van der Waals surface area (Å²) in [6, 6.07) is 4.64. The number of carbonyl (C=O) groups is 1. The van der Waals surface area contributed by atoms with Gasteiger partial charge in [-0.05, 0) is 24.4 Å². The van der Waals surface area contributed by atoms with Crippen LogP contribution in [0.2, 0.25) is 5.02 Å². The van der Waals surface area contributed by atoms with E-state index in [0.717, 1.165) is 17.1 Å². The van der Waals surface area contributed by atoms with E-state index < -0.39 is 11.7 Å². The highest BCUT2D eigenvalue weighted by Crippen LogP contribution is 2.31. The monoisotopic (exact) mass is 378 g/mol. The van der Waals surface area contributed by atoms with E-state index in [9.17, 15) is 18.0 Å². The van der Waals surface area contributed by atoms with Gasteiger partial charge in [0.15, 0.2) is 6.54 Å². The molecule has 0 spiro atoms. The Hall–Kier alpha value is -1.80. The largest absolute Gasteiger partial charge is 0.419 e. The highest BCUT2D eigenvalue weighted by atomic mass is 35.5. The van der Waals surface area contributed by atoms with E-state index in [2.05, 4.69) is 10.3 Å². The summed E-state index contributed by atoms with van der Waals surface area (Å²) in [5.41, 5.74) is -0.866. The number of likely N-dealkylation sites (N-methyl/N-ethyl adjacent to an activating group) is 1. The zero-order chi connectivity index (χ0) is 17.7. The first kappa shape index (κ1) is 18.5. The number of thiophene rings is 1. The normalized spacial score (nSPS) is 11.4. The fourth-order valence-electron chi connectivity index (χ4n) is 2.04. The van der Waals surface area contributed by atoms with Gasteiger partial charge in [-0.15, -0.1) is 11.3 Å². The first-order valence-corrected chi connectivity index (χ1v) is 8.39. The molecule has 0 bridgehead atoms. The van der Waals surface area contributed by atoms with Crippen LogP contribution in [0.1, 0.15) is 17.4 Å². The summed E-state index contributed by atoms with van der Waals surface area (Å²) in [4.78, 5) is 17.2. The molecule has 2 N–H and O–H groups in total. The number of carbonyl (C=O) groups excluding carboxylic acids is 1. The number of nitrogens with one attached hydrogen (secondary N) is 2. The summed E-state index contributed by atoms with van der Waals surface area (Å²) in [6.07, 6.45) is -3.64. The smallest absolute Gasteiger partial charge is 0.348 e. The van der Waals surface area contributed by atoms with E-state index >= 15 is 0 Å². The molecule has 2 aromatic rings. The lowest BCUT2D eigenvalue weighted by Crippen LogP contribution is -2.39. The molecule has 0 fully saturated rings. The van der Waals surface area contributed by atoms with Crippen molar-refractivity contribution in [1.29, 1.82) is 0 Å². The van der Waals surface area contributed by atoms with Crippen molar-refractivity contribution in [3.05, 3.63) is 45.2 Å². The molecular weight excluding hydrogens is 363 g/mol. The highest BCUT2D eigenvalue weighted by molar-refractivity contribution is 7.09. The molecular formula is C15H16ClF3N3OS+. The van der Waals surface area contributed by atoms with E-state index in [1.807, 2.05) is 17.5 Å². The number of pyridine rings is 1. The topological polar surface area (TPSA) is 46.5 Å². The summed E-state index contributed by atoms with van der Waals surface area (Å²) in [5, 5.41) is 4.60. The van der Waals surface area contributed by atoms with Crippen molar-refractivity contribution in [3.63, 3.8) is 0 Å². The molecule has 1 amide bonds. The fraction of sp³-hybridized carbons (Fsp3) is 0.333. The Balaban J connectivity index is 2.03. The van der Waals surface area contributed by atoms with E-state index in [1.54, 1.807) is 11.8 Å². The summed E-state index contributed by atoms with van der Waals surface area (Å²) >= 11 is 7.48. The number of nitrogens with zero attached hydrogens (tertiary/aromatic N) is 1. The van der Waals surface area contributed by atoms with Gasteiger partial charge in [0.25, 0.3) is 11.7 Å². The number of halogens is 4. The lowest BCUT2D eigenvalue weighted by molar-refractivity contribution is -0.367. The summed E-state index contributed by atoms with van der Waals surface area (Å²) in [6.45, 7) is 2.60. The predicted octanol–water partition coefficient (Wildman–Crippen LogP) is 3.38. The molecule has 0 atom stereocenters. The number of rotatable bonds is 6. The van der Waals surface area contributed by atoms with Gasteiger partial charge in [0.05, 0.1) is 18.7 Å². The second-order valence-electron chi connectivity index (χ2n) is 4.95. The molecule has 0 unspecified atom stereocenters. The average molecular weight is 379 g/mol. The van der Waals surface area contributed by atoms with Crippen molar-refractivity contribution >= 4 is 34.7 Å². The van der Waals surface area contributed by atoms with Crippen molar-refractivity contribution in [2.24, 2.45) is 0 Å². The van der Waals surface area contributed by atoms with Crippen LogP contribution in [0, 0.1) is 0 Å². The Morgan fingerprint density at radius 3 is 2.75 bits per heavy atom. The third-order valence-corrected chi connectivity index (χ3v) is 4.44. The molecule has 0 aliphatic heterocycles. The van der Waals surface area contributed by atoms with Crippen molar-refractivity contribution < 1.29 is 22.9 Å². The zero-order valence-corrected chi connectivity index (χ0v) is 14.4. The van der Waals surface area contributed by atoms with Gasteiger partial charge in [-0.25, -0.2) is 4.98 Å². The van der Waals surface area contributed by atoms with E-state index in [4.69, 9.17) is 11.6 Å². The van der Waals surface area contributed by atoms with E-state index in [-0.39, 0.29) is 23.3 Å². The molecule has 0 saturated heterocycles. The SMILES string of the molecule is CCN(CC(=O)NCc1cccs1)c1[nH+]cc(C(F)(F)F)cc1Cl. The van der Waals surface area contributed by atoms with Gasteiger partial charge in [0.1, 0.15) is 11.2 Å². The standard InChI is InChI=1S/C15H15ClF3N3OS/c1-2-22(9-13(23)20-8-11-4-3-5-24-11)14-12(16)6-10(7-21-14)15(17,18)19/h3-7H,2,8-9H2,1H3,(H,20,23)/p+1. The minimum absolute atomic E-state index is 0.0105. The van der Waals surface area contributed by atoms with Gasteiger partial charge in [-0.3, -0.25) is 9.69 Å². The summed E-state index contributed by atoms with van der Waals surface area (Å²) in [7, 11) is 0. The van der Waals surface area contributed by atoms with E-state index in [1.165, 1.54) is 11.3 Å². The van der Waals surface area contributed by atoms with Crippen molar-refractivity contribution in [1.82, 2.24) is 5.32 Å². The van der Waals surface area contributed by atoms with Crippen LogP contribution in [-0.4, -0.2) is 19.0 Å². The van der Waals surface area contributed by atoms with Gasteiger partial charge >= 0.3 is 6.18 Å². The van der Waals surface area contributed by atoms with Gasteiger partial charge in [-0.2, -0.15) is 13.2 Å². The van der Waals surface area contributed by atoms with Crippen LogP contribution in [-0.2, 0) is 17.5 Å². The van der Waals surface area contributed by atoms with Crippen LogP contribution in [0.5, 0.6) is 0 Å². The Morgan fingerprint density at radius 1 is 1.46 bits per heavy atom. The second kappa shape index (κ2) is 7.85. The van der Waals surface area contributed by atoms with E-state index in [0.29, 0.717) is 13.1 Å². The lowest BCUT2D eigenvalue weighted by atomic mass is 10.2. The molecule has 0 radical (unpaired) electrons. The highest BCUT2D eigenvalue weighted by Gasteiger charge is 2.33. The van der Waals surface area contributed by atoms with Crippen molar-refractivity contribution in [2.45, 2.75) is 19.6 Å². The molecule has 2 aromatic heterocycles. The average Bonchev–Trinajstić information content (AvgIpc) is 3.03. The molecule has 130 valence electrons. The maximum Gasteiger partial charge on any atom is 0.419 e. The molecule has 9 heteroatoms. The van der Waals surface area contributed by atoms with Crippen molar-refractivity contribution in [3.8, 4) is 0 Å². The Morgan fingerprint density at radius 2 is 2.21 bits per heavy atom. The molecule has 0 saturated carbocycles. The molecule has 0 aromatic carbocycles. The van der Waals surface area contributed by atoms with Crippen LogP contribution < -0.4 is 15.2 Å². The minimum atomic E-state index is -4.48. The molecule has 24 heavy (non-hydrogen) atoms. The molecule has 4 nitrogen and oxygen atoms in total. The lowest BCUT2D eigenvalue weighted by Gasteiger charge is -2.16. The van der Waals surface area contributed by atoms with Gasteiger partial charge in [0, 0.05) is 4.88 Å². The molecule has 2 rings (SSSR count). The quantitative estimate of drug-likeness (QED) is 0.837. The molecule has 0 aliphatic carbocycles. The number of amides is 1. The molecule has 0 aliphatic rings. The second-order valence-corrected chi connectivity index (χ2v) is 6.39. The van der Waals surface area contributed by atoms with Gasteiger partial charge < -0.3 is 5.32 Å². The Labute approximate surface area is 146 Å². The van der Waals surface area contributed by atoms with Gasteiger partial charge in [0.2, 0.25) is 0 Å². The van der Waals surface area contributed by atoms with Crippen LogP contribution in [0.25, 0.3) is 0 Å². The number of hydrogen-bond donors (Lipinski definition) is 1. The van der Waals surface area contributed by atoms with Crippen LogP contribution in [0.15, 0.2) is 29.8 Å².